The Balaban J connectivity index is 1.96. The smallest absolute Gasteiger partial charge is 0.410 e. The molecule has 2 heterocycles. The lowest BCUT2D eigenvalue weighted by atomic mass is 9.76. The molecule has 0 aliphatic carbocycles. The van der Waals surface area contributed by atoms with Crippen molar-refractivity contribution in [2.24, 2.45) is 5.41 Å². The molecule has 2 saturated heterocycles. The van der Waals surface area contributed by atoms with E-state index in [0.29, 0.717) is 25.7 Å². The molecule has 5 heteroatoms. The second-order valence-corrected chi connectivity index (χ2v) is 8.52. The standard InChI is InChI=1S/C16H30N2O3/c1-14(2,3)9-12-16(20-8-7-17-12)10-18(11-16)13(19)21-15(4,5)6/h12,17H,7-11H2,1-6H3. The summed E-state index contributed by atoms with van der Waals surface area (Å²) >= 11 is 0. The van der Waals surface area contributed by atoms with Crippen molar-refractivity contribution in [3.63, 3.8) is 0 Å². The van der Waals surface area contributed by atoms with E-state index in [1.165, 1.54) is 0 Å². The highest BCUT2D eigenvalue weighted by Gasteiger charge is 2.54. The van der Waals surface area contributed by atoms with Gasteiger partial charge in [-0.3, -0.25) is 0 Å². The first-order valence-electron chi connectivity index (χ1n) is 7.86. The monoisotopic (exact) mass is 298 g/mol. The van der Waals surface area contributed by atoms with Crippen molar-refractivity contribution in [2.75, 3.05) is 26.2 Å². The third-order valence-electron chi connectivity index (χ3n) is 3.90. The number of likely N-dealkylation sites (tertiary alicyclic amines) is 1. The van der Waals surface area contributed by atoms with Gasteiger partial charge in [0.25, 0.3) is 0 Å². The Hall–Kier alpha value is -0.810. The minimum Gasteiger partial charge on any atom is -0.444 e. The van der Waals surface area contributed by atoms with Crippen LogP contribution < -0.4 is 5.32 Å². The summed E-state index contributed by atoms with van der Waals surface area (Å²) in [6.07, 6.45) is 0.798. The van der Waals surface area contributed by atoms with Crippen LogP contribution in [0.5, 0.6) is 0 Å². The highest BCUT2D eigenvalue weighted by atomic mass is 16.6. The second-order valence-electron chi connectivity index (χ2n) is 8.52. The van der Waals surface area contributed by atoms with Gasteiger partial charge in [-0.15, -0.1) is 0 Å². The predicted molar refractivity (Wildman–Crippen MR) is 82.4 cm³/mol. The van der Waals surface area contributed by atoms with E-state index in [1.807, 2.05) is 20.8 Å². The zero-order valence-corrected chi connectivity index (χ0v) is 14.3. The van der Waals surface area contributed by atoms with Crippen LogP contribution in [-0.4, -0.2) is 54.5 Å². The summed E-state index contributed by atoms with van der Waals surface area (Å²) in [5, 5.41) is 3.57. The van der Waals surface area contributed by atoms with Crippen molar-refractivity contribution >= 4 is 6.09 Å². The zero-order valence-electron chi connectivity index (χ0n) is 14.3. The van der Waals surface area contributed by atoms with E-state index in [-0.39, 0.29) is 17.1 Å². The van der Waals surface area contributed by atoms with Gasteiger partial charge < -0.3 is 19.7 Å². The third-order valence-corrected chi connectivity index (χ3v) is 3.90. The fraction of sp³-hybridized carbons (Fsp3) is 0.938. The van der Waals surface area contributed by atoms with E-state index in [1.54, 1.807) is 4.90 Å². The van der Waals surface area contributed by atoms with Crippen molar-refractivity contribution < 1.29 is 14.3 Å². The summed E-state index contributed by atoms with van der Waals surface area (Å²) in [4.78, 5) is 13.8. The highest BCUT2D eigenvalue weighted by molar-refractivity contribution is 5.69. The van der Waals surface area contributed by atoms with Crippen LogP contribution in [0.3, 0.4) is 0 Å². The number of ether oxygens (including phenoxy) is 2. The fourth-order valence-electron chi connectivity index (χ4n) is 3.01. The number of nitrogens with one attached hydrogen (secondary N) is 1. The van der Waals surface area contributed by atoms with Crippen LogP contribution in [0, 0.1) is 5.41 Å². The molecule has 0 bridgehead atoms. The van der Waals surface area contributed by atoms with Gasteiger partial charge in [-0.05, 0) is 32.6 Å². The minimum atomic E-state index is -0.448. The molecule has 1 unspecified atom stereocenters. The normalized spacial score (nSPS) is 25.6. The van der Waals surface area contributed by atoms with Gasteiger partial charge in [0.2, 0.25) is 0 Å². The SMILES string of the molecule is CC(C)(C)CC1NCCOC12CN(C(=O)OC(C)(C)C)C2. The lowest BCUT2D eigenvalue weighted by molar-refractivity contribution is -0.178. The first-order chi connectivity index (χ1) is 9.51. The van der Waals surface area contributed by atoms with Gasteiger partial charge in [-0.25, -0.2) is 4.79 Å². The van der Waals surface area contributed by atoms with E-state index < -0.39 is 5.60 Å². The topological polar surface area (TPSA) is 50.8 Å². The van der Waals surface area contributed by atoms with Gasteiger partial charge in [-0.2, -0.15) is 0 Å². The Bertz CT molecular complexity index is 389. The summed E-state index contributed by atoms with van der Waals surface area (Å²) in [6, 6.07) is 0.296. The molecule has 0 aromatic heterocycles. The number of nitrogens with zero attached hydrogens (tertiary/aromatic N) is 1. The van der Waals surface area contributed by atoms with Gasteiger partial charge >= 0.3 is 6.09 Å². The van der Waals surface area contributed by atoms with E-state index in [0.717, 1.165) is 13.0 Å². The molecule has 122 valence electrons. The number of carbonyl (C=O) groups excluding carboxylic acids is 1. The maximum Gasteiger partial charge on any atom is 0.410 e. The van der Waals surface area contributed by atoms with Crippen LogP contribution in [0.4, 0.5) is 4.79 Å². The number of hydrogen-bond donors (Lipinski definition) is 1. The fourth-order valence-corrected chi connectivity index (χ4v) is 3.01. The largest absolute Gasteiger partial charge is 0.444 e. The molecular formula is C16H30N2O3. The van der Waals surface area contributed by atoms with Crippen LogP contribution in [0.25, 0.3) is 0 Å². The summed E-state index contributed by atoms with van der Waals surface area (Å²) < 4.78 is 11.5. The van der Waals surface area contributed by atoms with Crippen molar-refractivity contribution in [1.82, 2.24) is 10.2 Å². The van der Waals surface area contributed by atoms with Gasteiger partial charge in [0.1, 0.15) is 11.2 Å². The molecule has 0 saturated carbocycles. The molecule has 2 fully saturated rings. The van der Waals surface area contributed by atoms with Crippen LogP contribution in [0.2, 0.25) is 0 Å². The Kier molecular flexibility index (Phi) is 4.28. The zero-order chi connectivity index (χ0) is 15.9. The maximum atomic E-state index is 12.1. The Morgan fingerprint density at radius 1 is 1.29 bits per heavy atom. The maximum absolute atomic E-state index is 12.1. The Labute approximate surface area is 128 Å². The summed E-state index contributed by atoms with van der Waals surface area (Å²) in [5.74, 6) is 0. The van der Waals surface area contributed by atoms with Gasteiger partial charge in [0.05, 0.1) is 19.7 Å². The molecule has 21 heavy (non-hydrogen) atoms. The van der Waals surface area contributed by atoms with E-state index in [9.17, 15) is 4.79 Å². The summed E-state index contributed by atoms with van der Waals surface area (Å²) in [5.41, 5.74) is -0.448. The molecule has 0 aromatic carbocycles. The molecule has 5 nitrogen and oxygen atoms in total. The summed E-state index contributed by atoms with van der Waals surface area (Å²) in [6.45, 7) is 15.2. The molecule has 1 amide bonds. The average molecular weight is 298 g/mol. The van der Waals surface area contributed by atoms with Gasteiger partial charge in [0.15, 0.2) is 0 Å². The molecule has 0 radical (unpaired) electrons. The Morgan fingerprint density at radius 2 is 1.90 bits per heavy atom. The van der Waals surface area contributed by atoms with Gasteiger partial charge in [-0.1, -0.05) is 20.8 Å². The lowest BCUT2D eigenvalue weighted by Gasteiger charge is -2.56. The molecule has 2 aliphatic heterocycles. The number of morpholine rings is 1. The molecule has 2 rings (SSSR count). The third kappa shape index (κ3) is 4.10. The van der Waals surface area contributed by atoms with E-state index in [4.69, 9.17) is 9.47 Å². The molecule has 1 atom stereocenters. The predicted octanol–water partition coefficient (Wildman–Crippen LogP) is 2.40. The van der Waals surface area contributed by atoms with Crippen molar-refractivity contribution in [3.8, 4) is 0 Å². The minimum absolute atomic E-state index is 0.234. The van der Waals surface area contributed by atoms with Crippen LogP contribution in [-0.2, 0) is 9.47 Å². The summed E-state index contributed by atoms with van der Waals surface area (Å²) in [7, 11) is 0. The molecule has 1 spiro atoms. The number of hydrogen-bond acceptors (Lipinski definition) is 4. The van der Waals surface area contributed by atoms with Crippen LogP contribution in [0.15, 0.2) is 0 Å². The molecular weight excluding hydrogens is 268 g/mol. The van der Waals surface area contributed by atoms with Crippen LogP contribution >= 0.6 is 0 Å². The number of carbonyl (C=O) groups is 1. The van der Waals surface area contributed by atoms with Crippen molar-refractivity contribution in [2.45, 2.75) is 65.2 Å². The van der Waals surface area contributed by atoms with Gasteiger partial charge in [0, 0.05) is 12.6 Å². The number of amides is 1. The molecule has 2 aliphatic rings. The van der Waals surface area contributed by atoms with E-state index >= 15 is 0 Å². The molecule has 0 aromatic rings. The second kappa shape index (κ2) is 5.43. The lowest BCUT2D eigenvalue weighted by Crippen LogP contribution is -2.75. The average Bonchev–Trinajstić information content (AvgIpc) is 2.22. The molecule has 1 N–H and O–H groups in total. The highest BCUT2D eigenvalue weighted by Crippen LogP contribution is 2.37. The van der Waals surface area contributed by atoms with Crippen LogP contribution in [0.1, 0.15) is 48.0 Å². The Morgan fingerprint density at radius 3 is 2.43 bits per heavy atom. The first-order valence-corrected chi connectivity index (χ1v) is 7.86. The first kappa shape index (κ1) is 16.6. The quantitative estimate of drug-likeness (QED) is 0.807. The van der Waals surface area contributed by atoms with Crippen molar-refractivity contribution in [3.05, 3.63) is 0 Å². The number of rotatable bonds is 1. The van der Waals surface area contributed by atoms with Crippen molar-refractivity contribution in [1.29, 1.82) is 0 Å². The van der Waals surface area contributed by atoms with E-state index in [2.05, 4.69) is 26.1 Å².